The molecular formula is C16H17N3O3. The van der Waals surface area contributed by atoms with Crippen LogP contribution in [0.1, 0.15) is 23.0 Å². The van der Waals surface area contributed by atoms with E-state index in [1.807, 2.05) is 6.07 Å². The lowest BCUT2D eigenvalue weighted by Gasteiger charge is -2.09. The zero-order valence-corrected chi connectivity index (χ0v) is 12.7. The van der Waals surface area contributed by atoms with Crippen molar-refractivity contribution in [3.63, 3.8) is 0 Å². The van der Waals surface area contributed by atoms with Gasteiger partial charge in [0.1, 0.15) is 5.69 Å². The number of amides is 1. The molecular weight excluding hydrogens is 282 g/mol. The molecule has 1 aromatic heterocycles. The van der Waals surface area contributed by atoms with Gasteiger partial charge in [-0.15, -0.1) is 0 Å². The van der Waals surface area contributed by atoms with Crippen LogP contribution in [0.5, 0.6) is 11.5 Å². The summed E-state index contributed by atoms with van der Waals surface area (Å²) < 4.78 is 10.4. The average Bonchev–Trinajstić information content (AvgIpc) is 2.59. The molecule has 0 aliphatic carbocycles. The molecule has 0 fully saturated rings. The molecule has 0 atom stereocenters. The minimum Gasteiger partial charge on any atom is -0.493 e. The van der Waals surface area contributed by atoms with Gasteiger partial charge in [0.05, 0.1) is 19.9 Å². The molecule has 6 nitrogen and oxygen atoms in total. The smallest absolute Gasteiger partial charge is 0.289 e. The minimum absolute atomic E-state index is 0.311. The number of hydrogen-bond acceptors (Lipinski definition) is 5. The number of methoxy groups -OCH3 is 2. The second-order valence-corrected chi connectivity index (χ2v) is 4.42. The third kappa shape index (κ3) is 3.60. The Morgan fingerprint density at radius 1 is 1.14 bits per heavy atom. The number of ether oxygens (including phenoxy) is 2. The van der Waals surface area contributed by atoms with Crippen molar-refractivity contribution in [1.82, 2.24) is 10.4 Å². The van der Waals surface area contributed by atoms with E-state index in [9.17, 15) is 4.79 Å². The van der Waals surface area contributed by atoms with Crippen LogP contribution in [-0.4, -0.2) is 30.8 Å². The van der Waals surface area contributed by atoms with Gasteiger partial charge in [0, 0.05) is 11.8 Å². The van der Waals surface area contributed by atoms with Crippen molar-refractivity contribution in [2.24, 2.45) is 5.10 Å². The van der Waals surface area contributed by atoms with Crippen LogP contribution >= 0.6 is 0 Å². The van der Waals surface area contributed by atoms with E-state index in [0.29, 0.717) is 22.9 Å². The molecule has 0 saturated heterocycles. The maximum absolute atomic E-state index is 11.9. The van der Waals surface area contributed by atoms with Crippen molar-refractivity contribution < 1.29 is 14.3 Å². The molecule has 0 unspecified atom stereocenters. The Bertz CT molecular complexity index is 684. The lowest BCUT2D eigenvalue weighted by Crippen LogP contribution is -2.20. The Balaban J connectivity index is 2.14. The van der Waals surface area contributed by atoms with Gasteiger partial charge in [0.15, 0.2) is 11.5 Å². The number of hydrazone groups is 1. The van der Waals surface area contributed by atoms with E-state index in [2.05, 4.69) is 15.5 Å². The van der Waals surface area contributed by atoms with Crippen LogP contribution in [0, 0.1) is 0 Å². The van der Waals surface area contributed by atoms with E-state index in [0.717, 1.165) is 5.56 Å². The Kier molecular flexibility index (Phi) is 5.08. The summed E-state index contributed by atoms with van der Waals surface area (Å²) in [6.07, 6.45) is 1.56. The van der Waals surface area contributed by atoms with Crippen LogP contribution in [0.3, 0.4) is 0 Å². The van der Waals surface area contributed by atoms with E-state index >= 15 is 0 Å². The van der Waals surface area contributed by atoms with Gasteiger partial charge in [0.25, 0.3) is 5.91 Å². The first-order chi connectivity index (χ1) is 10.7. The topological polar surface area (TPSA) is 72.8 Å². The largest absolute Gasteiger partial charge is 0.493 e. The summed E-state index contributed by atoms with van der Waals surface area (Å²) in [4.78, 5) is 15.8. The molecule has 6 heteroatoms. The molecule has 0 aliphatic rings. The molecule has 22 heavy (non-hydrogen) atoms. The molecule has 1 heterocycles. The fourth-order valence-electron chi connectivity index (χ4n) is 1.81. The van der Waals surface area contributed by atoms with E-state index < -0.39 is 0 Å². The van der Waals surface area contributed by atoms with Crippen molar-refractivity contribution in [3.05, 3.63) is 53.9 Å². The van der Waals surface area contributed by atoms with E-state index in [1.54, 1.807) is 57.7 Å². The molecule has 0 spiro atoms. The predicted octanol–water partition coefficient (Wildman–Crippen LogP) is 2.25. The van der Waals surface area contributed by atoms with Crippen molar-refractivity contribution in [2.75, 3.05) is 14.2 Å². The van der Waals surface area contributed by atoms with Gasteiger partial charge in [-0.05, 0) is 37.3 Å². The van der Waals surface area contributed by atoms with Crippen molar-refractivity contribution in [2.45, 2.75) is 6.92 Å². The molecule has 0 aliphatic heterocycles. The van der Waals surface area contributed by atoms with Gasteiger partial charge in [-0.2, -0.15) is 5.10 Å². The van der Waals surface area contributed by atoms with Crippen molar-refractivity contribution in [1.29, 1.82) is 0 Å². The summed E-state index contributed by atoms with van der Waals surface area (Å²) >= 11 is 0. The summed E-state index contributed by atoms with van der Waals surface area (Å²) in [6.45, 7) is 1.79. The Morgan fingerprint density at radius 2 is 1.91 bits per heavy atom. The van der Waals surface area contributed by atoms with Crippen LogP contribution < -0.4 is 14.9 Å². The van der Waals surface area contributed by atoms with Crippen LogP contribution in [0.25, 0.3) is 0 Å². The quantitative estimate of drug-likeness (QED) is 0.679. The summed E-state index contributed by atoms with van der Waals surface area (Å²) in [7, 11) is 3.14. The fourth-order valence-corrected chi connectivity index (χ4v) is 1.81. The first-order valence-corrected chi connectivity index (χ1v) is 6.63. The number of carbonyl (C=O) groups excluding carboxylic acids is 1. The zero-order valence-electron chi connectivity index (χ0n) is 12.7. The SMILES string of the molecule is COc1ccc(/C(C)=N/NC(=O)c2ccccn2)cc1OC. The van der Waals surface area contributed by atoms with E-state index in [1.165, 1.54) is 0 Å². The lowest BCUT2D eigenvalue weighted by atomic mass is 10.1. The molecule has 0 radical (unpaired) electrons. The number of carbonyl (C=O) groups is 1. The summed E-state index contributed by atoms with van der Waals surface area (Å²) in [5.41, 5.74) is 4.25. The van der Waals surface area contributed by atoms with Gasteiger partial charge in [0.2, 0.25) is 0 Å². The summed E-state index contributed by atoms with van der Waals surface area (Å²) in [5, 5.41) is 4.08. The fraction of sp³-hybridized carbons (Fsp3) is 0.188. The highest BCUT2D eigenvalue weighted by Gasteiger charge is 2.08. The first kappa shape index (κ1) is 15.5. The highest BCUT2D eigenvalue weighted by Crippen LogP contribution is 2.27. The molecule has 1 amide bonds. The summed E-state index contributed by atoms with van der Waals surface area (Å²) in [6, 6.07) is 10.5. The number of rotatable bonds is 5. The highest BCUT2D eigenvalue weighted by atomic mass is 16.5. The molecule has 1 N–H and O–H groups in total. The number of pyridine rings is 1. The second kappa shape index (κ2) is 7.21. The van der Waals surface area contributed by atoms with Crippen LogP contribution in [0.4, 0.5) is 0 Å². The molecule has 0 saturated carbocycles. The van der Waals surface area contributed by atoms with Gasteiger partial charge in [-0.3, -0.25) is 9.78 Å². The number of hydrogen-bond donors (Lipinski definition) is 1. The number of nitrogens with zero attached hydrogens (tertiary/aromatic N) is 2. The van der Waals surface area contributed by atoms with Gasteiger partial charge < -0.3 is 9.47 Å². The standard InChI is InChI=1S/C16H17N3O3/c1-11(12-7-8-14(21-2)15(10-12)22-3)18-19-16(20)13-6-4-5-9-17-13/h4-10H,1-3H3,(H,19,20)/b18-11+. The van der Waals surface area contributed by atoms with Crippen LogP contribution in [-0.2, 0) is 0 Å². The molecule has 2 rings (SSSR count). The Labute approximate surface area is 128 Å². The van der Waals surface area contributed by atoms with Crippen molar-refractivity contribution >= 4 is 11.6 Å². The van der Waals surface area contributed by atoms with E-state index in [4.69, 9.17) is 9.47 Å². The van der Waals surface area contributed by atoms with Gasteiger partial charge >= 0.3 is 0 Å². The maximum atomic E-state index is 11.9. The van der Waals surface area contributed by atoms with Crippen LogP contribution in [0.15, 0.2) is 47.7 Å². The monoisotopic (exact) mass is 299 g/mol. The molecule has 1 aromatic carbocycles. The lowest BCUT2D eigenvalue weighted by molar-refractivity contribution is 0.0950. The third-order valence-corrected chi connectivity index (χ3v) is 3.02. The zero-order chi connectivity index (χ0) is 15.9. The second-order valence-electron chi connectivity index (χ2n) is 4.42. The third-order valence-electron chi connectivity index (χ3n) is 3.02. The number of aromatic nitrogens is 1. The van der Waals surface area contributed by atoms with Crippen molar-refractivity contribution in [3.8, 4) is 11.5 Å². The molecule has 2 aromatic rings. The highest BCUT2D eigenvalue weighted by molar-refractivity contribution is 6.00. The first-order valence-electron chi connectivity index (χ1n) is 6.63. The minimum atomic E-state index is -0.361. The summed E-state index contributed by atoms with van der Waals surface area (Å²) in [5.74, 6) is 0.877. The van der Waals surface area contributed by atoms with Gasteiger partial charge in [-0.25, -0.2) is 5.43 Å². The van der Waals surface area contributed by atoms with Gasteiger partial charge in [-0.1, -0.05) is 6.07 Å². The normalized spacial score (nSPS) is 11.0. The Morgan fingerprint density at radius 3 is 2.55 bits per heavy atom. The predicted molar refractivity (Wildman–Crippen MR) is 83.5 cm³/mol. The number of nitrogens with one attached hydrogen (secondary N) is 1. The Hall–Kier alpha value is -2.89. The van der Waals surface area contributed by atoms with Crippen LogP contribution in [0.2, 0.25) is 0 Å². The molecule has 0 bridgehead atoms. The number of benzene rings is 1. The van der Waals surface area contributed by atoms with E-state index in [-0.39, 0.29) is 5.91 Å². The molecule has 114 valence electrons. The average molecular weight is 299 g/mol. The maximum Gasteiger partial charge on any atom is 0.289 e.